The van der Waals surface area contributed by atoms with Crippen LogP contribution in [0.4, 0.5) is 0 Å². The van der Waals surface area contributed by atoms with E-state index in [9.17, 15) is 9.59 Å². The zero-order chi connectivity index (χ0) is 14.5. The molecule has 0 saturated heterocycles. The molecule has 1 amide bonds. The molecule has 5 heteroatoms. The van der Waals surface area contributed by atoms with Gasteiger partial charge < -0.3 is 10.4 Å². The van der Waals surface area contributed by atoms with Crippen LogP contribution in [0.2, 0.25) is 0 Å². The predicted octanol–water partition coefficient (Wildman–Crippen LogP) is 2.79. The summed E-state index contributed by atoms with van der Waals surface area (Å²) in [5.74, 6) is -1.21. The van der Waals surface area contributed by atoms with Crippen LogP contribution in [-0.2, 0) is 15.0 Å². The summed E-state index contributed by atoms with van der Waals surface area (Å²) in [6.45, 7) is 5.62. The molecule has 0 fully saturated rings. The highest BCUT2D eigenvalue weighted by molar-refractivity contribution is 7.10. The highest BCUT2D eigenvalue weighted by Crippen LogP contribution is 2.27. The Balaban J connectivity index is 2.73. The number of hydrogen-bond acceptors (Lipinski definition) is 3. The van der Waals surface area contributed by atoms with E-state index in [0.29, 0.717) is 6.42 Å². The van der Waals surface area contributed by atoms with Crippen molar-refractivity contribution in [3.63, 3.8) is 0 Å². The molecule has 1 atom stereocenters. The summed E-state index contributed by atoms with van der Waals surface area (Å²) in [6.07, 6.45) is 2.17. The molecule has 0 saturated carbocycles. The quantitative estimate of drug-likeness (QED) is 0.808. The van der Waals surface area contributed by atoms with Crippen LogP contribution in [0, 0.1) is 0 Å². The second-order valence-electron chi connectivity index (χ2n) is 5.11. The van der Waals surface area contributed by atoms with Crippen molar-refractivity contribution < 1.29 is 14.7 Å². The Morgan fingerprint density at radius 1 is 1.47 bits per heavy atom. The summed E-state index contributed by atoms with van der Waals surface area (Å²) >= 11 is 1.50. The van der Waals surface area contributed by atoms with Gasteiger partial charge in [0.25, 0.3) is 0 Å². The van der Waals surface area contributed by atoms with Crippen molar-refractivity contribution in [2.75, 3.05) is 0 Å². The smallest absolute Gasteiger partial charge is 0.326 e. The highest BCUT2D eigenvalue weighted by atomic mass is 32.1. The van der Waals surface area contributed by atoms with Gasteiger partial charge in [0.1, 0.15) is 6.04 Å². The topological polar surface area (TPSA) is 66.4 Å². The first-order valence-electron chi connectivity index (χ1n) is 6.47. The van der Waals surface area contributed by atoms with Crippen LogP contribution < -0.4 is 5.32 Å². The van der Waals surface area contributed by atoms with E-state index in [2.05, 4.69) is 5.32 Å². The first-order chi connectivity index (χ1) is 8.89. The van der Waals surface area contributed by atoms with E-state index in [1.54, 1.807) is 0 Å². The van der Waals surface area contributed by atoms with Crippen molar-refractivity contribution in [3.8, 4) is 0 Å². The minimum absolute atomic E-state index is 0.238. The summed E-state index contributed by atoms with van der Waals surface area (Å²) in [5, 5.41) is 13.7. The number of aliphatic carboxylic acids is 1. The fourth-order valence-corrected chi connectivity index (χ4v) is 2.60. The third-order valence-corrected chi connectivity index (χ3v) is 4.35. The number of carboxylic acids is 1. The van der Waals surface area contributed by atoms with E-state index in [0.717, 1.165) is 17.7 Å². The molecule has 0 radical (unpaired) electrons. The lowest BCUT2D eigenvalue weighted by atomic mass is 9.90. The number of thiophene rings is 1. The van der Waals surface area contributed by atoms with Crippen molar-refractivity contribution in [1.29, 1.82) is 0 Å². The minimum atomic E-state index is -0.969. The van der Waals surface area contributed by atoms with Crippen molar-refractivity contribution in [2.24, 2.45) is 0 Å². The molecule has 0 aliphatic rings. The molecule has 0 bridgehead atoms. The third-order valence-electron chi connectivity index (χ3n) is 3.15. The summed E-state index contributed by atoms with van der Waals surface area (Å²) < 4.78 is 0. The number of rotatable bonds is 7. The van der Waals surface area contributed by atoms with E-state index in [4.69, 9.17) is 5.11 Å². The van der Waals surface area contributed by atoms with E-state index in [1.807, 2.05) is 38.3 Å². The lowest BCUT2D eigenvalue weighted by Crippen LogP contribution is -2.48. The highest BCUT2D eigenvalue weighted by Gasteiger charge is 2.33. The van der Waals surface area contributed by atoms with Crippen LogP contribution in [-0.4, -0.2) is 23.0 Å². The van der Waals surface area contributed by atoms with Crippen molar-refractivity contribution >= 4 is 23.2 Å². The largest absolute Gasteiger partial charge is 0.480 e. The Kier molecular flexibility index (Phi) is 5.54. The van der Waals surface area contributed by atoms with Gasteiger partial charge in [0.05, 0.1) is 5.41 Å². The zero-order valence-electron chi connectivity index (χ0n) is 11.6. The van der Waals surface area contributed by atoms with E-state index < -0.39 is 17.4 Å². The van der Waals surface area contributed by atoms with Gasteiger partial charge in [-0.25, -0.2) is 4.79 Å². The molecule has 1 aromatic heterocycles. The molecular weight excluding hydrogens is 262 g/mol. The summed E-state index contributed by atoms with van der Waals surface area (Å²) in [6, 6.07) is 2.99. The molecule has 1 unspecified atom stereocenters. The van der Waals surface area contributed by atoms with E-state index >= 15 is 0 Å². The molecule has 19 heavy (non-hydrogen) atoms. The maximum atomic E-state index is 12.3. The van der Waals surface area contributed by atoms with Crippen molar-refractivity contribution in [1.82, 2.24) is 5.32 Å². The minimum Gasteiger partial charge on any atom is -0.480 e. The Morgan fingerprint density at radius 2 is 2.16 bits per heavy atom. The average molecular weight is 283 g/mol. The second-order valence-corrected chi connectivity index (χ2v) is 6.06. The number of carbonyl (C=O) groups excluding carboxylic acids is 1. The summed E-state index contributed by atoms with van der Waals surface area (Å²) in [5.41, 5.74) is -0.700. The van der Waals surface area contributed by atoms with Crippen LogP contribution in [0.3, 0.4) is 0 Å². The molecule has 0 spiro atoms. The molecule has 0 aliphatic carbocycles. The molecule has 1 heterocycles. The fraction of sp³-hybridized carbons (Fsp3) is 0.571. The normalized spacial score (nSPS) is 13.0. The Labute approximate surface area is 117 Å². The molecule has 0 aliphatic heterocycles. The summed E-state index contributed by atoms with van der Waals surface area (Å²) in [7, 11) is 0. The molecule has 2 N–H and O–H groups in total. The SMILES string of the molecule is CCCCC(NC(=O)C(C)(C)c1cccs1)C(=O)O. The molecule has 0 aromatic carbocycles. The molecule has 106 valence electrons. The first kappa shape index (κ1) is 15.7. The number of carbonyl (C=O) groups is 2. The number of carboxylic acid groups (broad SMARTS) is 1. The number of amides is 1. The van der Waals surface area contributed by atoms with Gasteiger partial charge in [0.15, 0.2) is 0 Å². The van der Waals surface area contributed by atoms with Gasteiger partial charge in [-0.1, -0.05) is 25.8 Å². The molecular formula is C14H21NO3S. The summed E-state index contributed by atoms with van der Waals surface area (Å²) in [4.78, 5) is 24.4. The van der Waals surface area contributed by atoms with Crippen LogP contribution in [0.1, 0.15) is 44.9 Å². The number of unbranched alkanes of at least 4 members (excludes halogenated alkanes) is 1. The maximum Gasteiger partial charge on any atom is 0.326 e. The lowest BCUT2D eigenvalue weighted by molar-refractivity contribution is -0.142. The number of hydrogen-bond donors (Lipinski definition) is 2. The molecule has 1 rings (SSSR count). The zero-order valence-corrected chi connectivity index (χ0v) is 12.4. The predicted molar refractivity (Wildman–Crippen MR) is 76.4 cm³/mol. The van der Waals surface area contributed by atoms with Gasteiger partial charge in [-0.3, -0.25) is 4.79 Å². The van der Waals surface area contributed by atoms with Gasteiger partial charge in [0, 0.05) is 4.88 Å². The monoisotopic (exact) mass is 283 g/mol. The molecule has 4 nitrogen and oxygen atoms in total. The first-order valence-corrected chi connectivity index (χ1v) is 7.35. The van der Waals surface area contributed by atoms with Gasteiger partial charge in [-0.15, -0.1) is 11.3 Å². The standard InChI is InChI=1S/C14H21NO3S/c1-4-5-7-10(12(16)17)15-13(18)14(2,3)11-8-6-9-19-11/h6,8-10H,4-5,7H2,1-3H3,(H,15,18)(H,16,17). The van der Waals surface area contributed by atoms with E-state index in [1.165, 1.54) is 11.3 Å². The van der Waals surface area contributed by atoms with Gasteiger partial charge in [0.2, 0.25) is 5.91 Å². The Morgan fingerprint density at radius 3 is 2.63 bits per heavy atom. The van der Waals surface area contributed by atoms with E-state index in [-0.39, 0.29) is 5.91 Å². The Hall–Kier alpha value is -1.36. The van der Waals surface area contributed by atoms with Crippen molar-refractivity contribution in [2.45, 2.75) is 51.5 Å². The van der Waals surface area contributed by atoms with Crippen LogP contribution in [0.15, 0.2) is 17.5 Å². The molecule has 1 aromatic rings. The average Bonchev–Trinajstić information content (AvgIpc) is 2.87. The van der Waals surface area contributed by atoms with Gasteiger partial charge in [-0.05, 0) is 31.7 Å². The maximum absolute atomic E-state index is 12.3. The fourth-order valence-electron chi connectivity index (χ4n) is 1.75. The van der Waals surface area contributed by atoms with Crippen LogP contribution >= 0.6 is 11.3 Å². The van der Waals surface area contributed by atoms with Crippen LogP contribution in [0.5, 0.6) is 0 Å². The van der Waals surface area contributed by atoms with Gasteiger partial charge in [-0.2, -0.15) is 0 Å². The van der Waals surface area contributed by atoms with Crippen molar-refractivity contribution in [3.05, 3.63) is 22.4 Å². The second kappa shape index (κ2) is 6.70. The Bertz CT molecular complexity index is 426. The van der Waals surface area contributed by atoms with Gasteiger partial charge >= 0.3 is 5.97 Å². The lowest BCUT2D eigenvalue weighted by Gasteiger charge is -2.25. The van der Waals surface area contributed by atoms with Crippen LogP contribution in [0.25, 0.3) is 0 Å². The number of nitrogens with one attached hydrogen (secondary N) is 1. The third kappa shape index (κ3) is 4.06.